The first-order valence-electron chi connectivity index (χ1n) is 6.70. The molecule has 0 aliphatic rings. The minimum absolute atomic E-state index is 0.376. The molecule has 0 heterocycles. The van der Waals surface area contributed by atoms with Gasteiger partial charge in [-0.3, -0.25) is 0 Å². The molecular weight excluding hydrogens is 244 g/mol. The smallest absolute Gasteiger partial charge is 0.337 e. The van der Waals surface area contributed by atoms with E-state index in [0.29, 0.717) is 30.3 Å². The fraction of sp³-hybridized carbons (Fsp3) is 0.533. The van der Waals surface area contributed by atoms with Crippen LogP contribution in [-0.4, -0.2) is 26.3 Å². The minimum Gasteiger partial charge on any atom is -0.490 e. The molecule has 1 aromatic rings. The fourth-order valence-electron chi connectivity index (χ4n) is 1.67. The number of carbonyl (C=O) groups excluding carboxylic acids is 1. The van der Waals surface area contributed by atoms with Gasteiger partial charge in [0.25, 0.3) is 0 Å². The molecule has 4 heteroatoms. The molecule has 106 valence electrons. The van der Waals surface area contributed by atoms with Crippen LogP contribution in [0.25, 0.3) is 0 Å². The summed E-state index contributed by atoms with van der Waals surface area (Å²) < 4.78 is 15.9. The first-order valence-corrected chi connectivity index (χ1v) is 6.70. The van der Waals surface area contributed by atoms with Gasteiger partial charge in [0.15, 0.2) is 11.5 Å². The van der Waals surface area contributed by atoms with Crippen molar-refractivity contribution in [1.29, 1.82) is 0 Å². The summed E-state index contributed by atoms with van der Waals surface area (Å²) in [5.74, 6) is 0.881. The van der Waals surface area contributed by atoms with E-state index < -0.39 is 0 Å². The van der Waals surface area contributed by atoms with Crippen LogP contribution in [0.3, 0.4) is 0 Å². The first-order chi connectivity index (χ1) is 9.22. The highest BCUT2D eigenvalue weighted by Gasteiger charge is 2.11. The first kappa shape index (κ1) is 15.3. The van der Waals surface area contributed by atoms with Crippen LogP contribution in [0, 0.1) is 0 Å². The van der Waals surface area contributed by atoms with Gasteiger partial charge >= 0.3 is 5.97 Å². The lowest BCUT2D eigenvalue weighted by atomic mass is 10.2. The van der Waals surface area contributed by atoms with E-state index in [1.54, 1.807) is 18.2 Å². The number of methoxy groups -OCH3 is 1. The Balaban J connectivity index is 2.76. The highest BCUT2D eigenvalue weighted by molar-refractivity contribution is 5.90. The van der Waals surface area contributed by atoms with Crippen LogP contribution >= 0.6 is 0 Å². The average Bonchev–Trinajstić information content (AvgIpc) is 2.44. The van der Waals surface area contributed by atoms with Gasteiger partial charge in [0, 0.05) is 0 Å². The Labute approximate surface area is 114 Å². The minimum atomic E-state index is -0.376. The lowest BCUT2D eigenvalue weighted by molar-refractivity contribution is 0.0600. The Morgan fingerprint density at radius 1 is 1.11 bits per heavy atom. The fourth-order valence-corrected chi connectivity index (χ4v) is 1.67. The number of ether oxygens (including phenoxy) is 3. The zero-order valence-corrected chi connectivity index (χ0v) is 11.9. The zero-order chi connectivity index (χ0) is 14.1. The topological polar surface area (TPSA) is 44.8 Å². The SMILES string of the molecule is CCCCCOc1ccc(C(=O)OC)cc1OCC. The molecular formula is C15H22O4. The molecule has 0 unspecified atom stereocenters. The van der Waals surface area contributed by atoms with Crippen LogP contribution < -0.4 is 9.47 Å². The number of esters is 1. The van der Waals surface area contributed by atoms with E-state index in [0.717, 1.165) is 19.3 Å². The summed E-state index contributed by atoms with van der Waals surface area (Å²) in [4.78, 5) is 11.5. The van der Waals surface area contributed by atoms with Gasteiger partial charge < -0.3 is 14.2 Å². The van der Waals surface area contributed by atoms with Crippen molar-refractivity contribution in [3.63, 3.8) is 0 Å². The summed E-state index contributed by atoms with van der Waals surface area (Å²) in [7, 11) is 1.36. The quantitative estimate of drug-likeness (QED) is 0.534. The maximum absolute atomic E-state index is 11.5. The van der Waals surface area contributed by atoms with E-state index in [-0.39, 0.29) is 5.97 Å². The van der Waals surface area contributed by atoms with Gasteiger partial charge in [0.05, 0.1) is 25.9 Å². The molecule has 0 atom stereocenters. The second-order valence-corrected chi connectivity index (χ2v) is 4.14. The van der Waals surface area contributed by atoms with Crippen molar-refractivity contribution in [1.82, 2.24) is 0 Å². The second-order valence-electron chi connectivity index (χ2n) is 4.14. The number of benzene rings is 1. The van der Waals surface area contributed by atoms with Gasteiger partial charge in [0.1, 0.15) is 0 Å². The predicted molar refractivity (Wildman–Crippen MR) is 74.0 cm³/mol. The monoisotopic (exact) mass is 266 g/mol. The summed E-state index contributed by atoms with van der Waals surface area (Å²) in [6, 6.07) is 5.09. The lowest BCUT2D eigenvalue weighted by Gasteiger charge is -2.12. The molecule has 0 amide bonds. The Kier molecular flexibility index (Phi) is 6.79. The highest BCUT2D eigenvalue weighted by atomic mass is 16.5. The van der Waals surface area contributed by atoms with Gasteiger partial charge in [-0.2, -0.15) is 0 Å². The summed E-state index contributed by atoms with van der Waals surface area (Å²) in [5, 5.41) is 0. The third-order valence-electron chi connectivity index (χ3n) is 2.67. The second kappa shape index (κ2) is 8.40. The average molecular weight is 266 g/mol. The van der Waals surface area contributed by atoms with Gasteiger partial charge in [-0.1, -0.05) is 19.8 Å². The number of rotatable bonds is 8. The van der Waals surface area contributed by atoms with Gasteiger partial charge in [-0.25, -0.2) is 4.79 Å². The van der Waals surface area contributed by atoms with E-state index in [1.807, 2.05) is 6.92 Å². The Morgan fingerprint density at radius 2 is 1.89 bits per heavy atom. The van der Waals surface area contributed by atoms with Crippen LogP contribution in [0.4, 0.5) is 0 Å². The van der Waals surface area contributed by atoms with Crippen molar-refractivity contribution >= 4 is 5.97 Å². The van der Waals surface area contributed by atoms with Crippen molar-refractivity contribution in [2.24, 2.45) is 0 Å². The largest absolute Gasteiger partial charge is 0.490 e. The van der Waals surface area contributed by atoms with Crippen LogP contribution in [0.5, 0.6) is 11.5 Å². The number of carbonyl (C=O) groups is 1. The lowest BCUT2D eigenvalue weighted by Crippen LogP contribution is -2.05. The molecule has 0 aromatic heterocycles. The molecule has 0 aliphatic heterocycles. The maximum atomic E-state index is 11.5. The van der Waals surface area contributed by atoms with E-state index in [2.05, 4.69) is 11.7 Å². The number of hydrogen-bond donors (Lipinski definition) is 0. The molecule has 0 spiro atoms. The molecule has 0 bridgehead atoms. The zero-order valence-electron chi connectivity index (χ0n) is 11.9. The number of hydrogen-bond acceptors (Lipinski definition) is 4. The highest BCUT2D eigenvalue weighted by Crippen LogP contribution is 2.29. The van der Waals surface area contributed by atoms with Crippen LogP contribution in [0.2, 0.25) is 0 Å². The Morgan fingerprint density at radius 3 is 2.53 bits per heavy atom. The molecule has 0 saturated heterocycles. The molecule has 0 aliphatic carbocycles. The summed E-state index contributed by atoms with van der Waals surface area (Å²) in [5.41, 5.74) is 0.465. The molecule has 1 rings (SSSR count). The van der Waals surface area contributed by atoms with Crippen molar-refractivity contribution in [3.05, 3.63) is 23.8 Å². The molecule has 1 aromatic carbocycles. The molecule has 0 radical (unpaired) electrons. The van der Waals surface area contributed by atoms with Crippen molar-refractivity contribution in [3.8, 4) is 11.5 Å². The number of unbranched alkanes of at least 4 members (excludes halogenated alkanes) is 2. The van der Waals surface area contributed by atoms with Gasteiger partial charge in [-0.05, 0) is 31.5 Å². The van der Waals surface area contributed by atoms with Crippen molar-refractivity contribution < 1.29 is 19.0 Å². The molecule has 0 N–H and O–H groups in total. The maximum Gasteiger partial charge on any atom is 0.337 e. The van der Waals surface area contributed by atoms with E-state index in [4.69, 9.17) is 9.47 Å². The van der Waals surface area contributed by atoms with E-state index in [9.17, 15) is 4.79 Å². The molecule has 19 heavy (non-hydrogen) atoms. The summed E-state index contributed by atoms with van der Waals surface area (Å²) in [6.07, 6.45) is 3.31. The van der Waals surface area contributed by atoms with Gasteiger partial charge in [-0.15, -0.1) is 0 Å². The summed E-state index contributed by atoms with van der Waals surface area (Å²) in [6.45, 7) is 5.23. The molecule has 4 nitrogen and oxygen atoms in total. The third kappa shape index (κ3) is 4.81. The summed E-state index contributed by atoms with van der Waals surface area (Å²) >= 11 is 0. The van der Waals surface area contributed by atoms with E-state index >= 15 is 0 Å². The van der Waals surface area contributed by atoms with Gasteiger partial charge in [0.2, 0.25) is 0 Å². The van der Waals surface area contributed by atoms with E-state index in [1.165, 1.54) is 7.11 Å². The molecule has 0 fully saturated rings. The van der Waals surface area contributed by atoms with Crippen LogP contribution in [0.15, 0.2) is 18.2 Å². The third-order valence-corrected chi connectivity index (χ3v) is 2.67. The predicted octanol–water partition coefficient (Wildman–Crippen LogP) is 3.44. The van der Waals surface area contributed by atoms with Crippen LogP contribution in [-0.2, 0) is 4.74 Å². The Bertz CT molecular complexity index is 401. The van der Waals surface area contributed by atoms with Crippen molar-refractivity contribution in [2.75, 3.05) is 20.3 Å². The van der Waals surface area contributed by atoms with Crippen LogP contribution in [0.1, 0.15) is 43.5 Å². The standard InChI is InChI=1S/C15H22O4/c1-4-6-7-10-19-13-9-8-12(15(16)17-3)11-14(13)18-5-2/h8-9,11H,4-7,10H2,1-3H3. The molecule has 0 saturated carbocycles. The normalized spacial score (nSPS) is 10.1. The Hall–Kier alpha value is -1.71. The van der Waals surface area contributed by atoms with Crippen molar-refractivity contribution in [2.45, 2.75) is 33.1 Å².